The van der Waals surface area contributed by atoms with Gasteiger partial charge in [0.05, 0.1) is 12.8 Å². The zero-order valence-corrected chi connectivity index (χ0v) is 15.1. The third-order valence-electron chi connectivity index (χ3n) is 5.02. The number of carbonyl (C=O) groups excluding carboxylic acids is 1. The molecule has 4 rings (SSSR count). The van der Waals surface area contributed by atoms with Gasteiger partial charge in [0.2, 0.25) is 15.9 Å². The lowest BCUT2D eigenvalue weighted by Gasteiger charge is -2.33. The highest BCUT2D eigenvalue weighted by atomic mass is 32.2. The summed E-state index contributed by atoms with van der Waals surface area (Å²) in [7, 11) is -2.29. The minimum atomic E-state index is -3.75. The van der Waals surface area contributed by atoms with Crippen molar-refractivity contribution in [1.29, 1.82) is 0 Å². The molecule has 9 heteroatoms. The number of carbonyl (C=O) groups is 1. The smallest absolute Gasteiger partial charge is 0.246 e. The summed E-state index contributed by atoms with van der Waals surface area (Å²) in [6.07, 6.45) is 4.38. The summed E-state index contributed by atoms with van der Waals surface area (Å²) < 4.78 is 34.9. The highest BCUT2D eigenvalue weighted by molar-refractivity contribution is 7.89. The second kappa shape index (κ2) is 6.40. The number of nitrogens with zero attached hydrogens (tertiary/aromatic N) is 3. The molecule has 3 heterocycles. The maximum absolute atomic E-state index is 13.3. The Hall–Kier alpha value is -2.39. The fraction of sp³-hybridized carbons (Fsp3) is 0.412. The molecular formula is C17H20N4O4S. The van der Waals surface area contributed by atoms with Crippen molar-refractivity contribution in [2.24, 2.45) is 5.92 Å². The molecular weight excluding hydrogens is 356 g/mol. The number of rotatable bonds is 4. The first-order valence-corrected chi connectivity index (χ1v) is 9.90. The summed E-state index contributed by atoms with van der Waals surface area (Å²) >= 11 is 0. The molecule has 2 fully saturated rings. The molecule has 0 unspecified atom stereocenters. The molecule has 1 amide bonds. The van der Waals surface area contributed by atoms with Crippen LogP contribution in [0.3, 0.4) is 0 Å². The predicted octanol–water partition coefficient (Wildman–Crippen LogP) is 0.780. The van der Waals surface area contributed by atoms with Gasteiger partial charge in [0.25, 0.3) is 0 Å². The van der Waals surface area contributed by atoms with Gasteiger partial charge in [-0.2, -0.15) is 9.40 Å². The van der Waals surface area contributed by atoms with Gasteiger partial charge in [-0.1, -0.05) is 0 Å². The van der Waals surface area contributed by atoms with E-state index in [1.807, 2.05) is 0 Å². The third-order valence-corrected chi connectivity index (χ3v) is 6.91. The molecule has 2 aromatic rings. The Morgan fingerprint density at radius 1 is 1.35 bits per heavy atom. The van der Waals surface area contributed by atoms with E-state index in [9.17, 15) is 13.2 Å². The van der Waals surface area contributed by atoms with Crippen LogP contribution in [0.15, 0.2) is 41.6 Å². The number of benzene rings is 1. The van der Waals surface area contributed by atoms with Crippen molar-refractivity contribution in [2.45, 2.75) is 23.8 Å². The normalized spacial score (nSPS) is 23.5. The van der Waals surface area contributed by atoms with E-state index in [1.165, 1.54) is 11.4 Å². The first-order valence-electron chi connectivity index (χ1n) is 8.46. The molecule has 1 aromatic carbocycles. The molecule has 0 radical (unpaired) electrons. The molecule has 0 aliphatic carbocycles. The first kappa shape index (κ1) is 17.0. The van der Waals surface area contributed by atoms with Crippen LogP contribution < -0.4 is 10.1 Å². The summed E-state index contributed by atoms with van der Waals surface area (Å²) in [4.78, 5) is 11.7. The number of sulfonamides is 1. The number of fused-ring (bicyclic) bond motifs is 1. The molecule has 0 saturated carbocycles. The Balaban J connectivity index is 1.69. The second-order valence-electron chi connectivity index (χ2n) is 6.58. The molecule has 1 N–H and O–H groups in total. The fourth-order valence-corrected chi connectivity index (χ4v) is 5.37. The van der Waals surface area contributed by atoms with E-state index in [-0.39, 0.29) is 22.8 Å². The van der Waals surface area contributed by atoms with Crippen LogP contribution in [0.2, 0.25) is 0 Å². The topological polar surface area (TPSA) is 93.5 Å². The van der Waals surface area contributed by atoms with Crippen LogP contribution in [0.5, 0.6) is 5.75 Å². The number of amides is 1. The zero-order chi connectivity index (χ0) is 18.3. The number of piperidine rings is 1. The number of hydrogen-bond acceptors (Lipinski definition) is 5. The van der Waals surface area contributed by atoms with Gasteiger partial charge in [-0.15, -0.1) is 0 Å². The third kappa shape index (κ3) is 2.86. The Labute approximate surface area is 151 Å². The van der Waals surface area contributed by atoms with E-state index in [0.717, 1.165) is 0 Å². The summed E-state index contributed by atoms with van der Waals surface area (Å²) in [5.74, 6) is 0.312. The molecule has 2 saturated heterocycles. The number of aromatic nitrogens is 2. The van der Waals surface area contributed by atoms with Crippen LogP contribution in [-0.2, 0) is 14.8 Å². The summed E-state index contributed by atoms with van der Waals surface area (Å²) in [6, 6.07) is 6.82. The SMILES string of the molecule is COc1ccc(-n2cccn2)cc1S(=O)(=O)N1CC[C@@H]2NC(=O)C[C@@H]2C1. The molecule has 2 atom stereocenters. The van der Waals surface area contributed by atoms with Crippen LogP contribution in [0.1, 0.15) is 12.8 Å². The van der Waals surface area contributed by atoms with Crippen LogP contribution in [-0.4, -0.2) is 54.7 Å². The van der Waals surface area contributed by atoms with Crippen LogP contribution in [0.25, 0.3) is 5.69 Å². The van der Waals surface area contributed by atoms with Crippen LogP contribution >= 0.6 is 0 Å². The molecule has 26 heavy (non-hydrogen) atoms. The average Bonchev–Trinajstić information content (AvgIpc) is 3.29. The molecule has 138 valence electrons. The minimum absolute atomic E-state index is 0.00231. The summed E-state index contributed by atoms with van der Waals surface area (Å²) in [6.45, 7) is 0.708. The van der Waals surface area contributed by atoms with E-state index in [0.29, 0.717) is 37.4 Å². The van der Waals surface area contributed by atoms with Gasteiger partial charge >= 0.3 is 0 Å². The van der Waals surface area contributed by atoms with E-state index in [4.69, 9.17) is 4.74 Å². The van der Waals surface area contributed by atoms with Gasteiger partial charge in [-0.25, -0.2) is 13.1 Å². The number of hydrogen-bond donors (Lipinski definition) is 1. The minimum Gasteiger partial charge on any atom is -0.495 e. The first-order chi connectivity index (χ1) is 12.5. The monoisotopic (exact) mass is 376 g/mol. The van der Waals surface area contributed by atoms with Gasteiger partial charge in [0, 0.05) is 43.9 Å². The van der Waals surface area contributed by atoms with Crippen molar-refractivity contribution < 1.29 is 17.9 Å². The highest BCUT2D eigenvalue weighted by Gasteiger charge is 2.41. The van der Waals surface area contributed by atoms with Crippen LogP contribution in [0.4, 0.5) is 0 Å². The summed E-state index contributed by atoms with van der Waals surface area (Å²) in [5, 5.41) is 7.07. The Kier molecular flexibility index (Phi) is 4.20. The maximum Gasteiger partial charge on any atom is 0.246 e. The van der Waals surface area contributed by atoms with E-state index >= 15 is 0 Å². The zero-order valence-electron chi connectivity index (χ0n) is 14.3. The van der Waals surface area contributed by atoms with Gasteiger partial charge in [0.1, 0.15) is 10.6 Å². The lowest BCUT2D eigenvalue weighted by Crippen LogP contribution is -2.47. The molecule has 0 spiro atoms. The van der Waals surface area contributed by atoms with Gasteiger partial charge in [-0.05, 0) is 30.7 Å². The molecule has 2 aliphatic heterocycles. The van der Waals surface area contributed by atoms with E-state index in [2.05, 4.69) is 10.4 Å². The van der Waals surface area contributed by atoms with Gasteiger partial charge < -0.3 is 10.1 Å². The lowest BCUT2D eigenvalue weighted by molar-refractivity contribution is -0.119. The highest BCUT2D eigenvalue weighted by Crippen LogP contribution is 2.33. The maximum atomic E-state index is 13.3. The van der Waals surface area contributed by atoms with Crippen molar-refractivity contribution in [3.63, 3.8) is 0 Å². The largest absolute Gasteiger partial charge is 0.495 e. The molecule has 1 aromatic heterocycles. The Bertz CT molecular complexity index is 926. The Morgan fingerprint density at radius 3 is 2.92 bits per heavy atom. The van der Waals surface area contributed by atoms with Crippen molar-refractivity contribution in [2.75, 3.05) is 20.2 Å². The standard InChI is InChI=1S/C17H20N4O4S/c1-25-15-4-3-13(21-7-2-6-18-21)10-16(15)26(23,24)20-8-5-14-12(11-20)9-17(22)19-14/h2-4,6-7,10,12,14H,5,8-9,11H2,1H3,(H,19,22)/t12-,14+/m1/s1. The predicted molar refractivity (Wildman–Crippen MR) is 93.5 cm³/mol. The van der Waals surface area contributed by atoms with Crippen molar-refractivity contribution in [1.82, 2.24) is 19.4 Å². The lowest BCUT2D eigenvalue weighted by atomic mass is 9.95. The quantitative estimate of drug-likeness (QED) is 0.851. The van der Waals surface area contributed by atoms with Crippen molar-refractivity contribution in [3.8, 4) is 11.4 Å². The average molecular weight is 376 g/mol. The second-order valence-corrected chi connectivity index (χ2v) is 8.48. The van der Waals surface area contributed by atoms with Crippen molar-refractivity contribution >= 4 is 15.9 Å². The van der Waals surface area contributed by atoms with E-state index in [1.54, 1.807) is 41.3 Å². The Morgan fingerprint density at radius 2 is 2.19 bits per heavy atom. The number of methoxy groups -OCH3 is 1. The number of ether oxygens (including phenoxy) is 1. The van der Waals surface area contributed by atoms with Crippen LogP contribution in [0, 0.1) is 5.92 Å². The molecule has 2 aliphatic rings. The molecule has 8 nitrogen and oxygen atoms in total. The molecule has 0 bridgehead atoms. The summed E-state index contributed by atoms with van der Waals surface area (Å²) in [5.41, 5.74) is 0.641. The van der Waals surface area contributed by atoms with Gasteiger partial charge in [0.15, 0.2) is 0 Å². The van der Waals surface area contributed by atoms with Gasteiger partial charge in [-0.3, -0.25) is 4.79 Å². The fourth-order valence-electron chi connectivity index (χ4n) is 3.69. The van der Waals surface area contributed by atoms with Crippen molar-refractivity contribution in [3.05, 3.63) is 36.7 Å². The van der Waals surface area contributed by atoms with E-state index < -0.39 is 10.0 Å². The number of nitrogens with one attached hydrogen (secondary N) is 1.